The molecule has 1 amide bonds. The Balaban J connectivity index is 1.32. The number of nitrogens with one attached hydrogen (secondary N) is 1. The lowest BCUT2D eigenvalue weighted by molar-refractivity contribution is -0.252. The predicted octanol–water partition coefficient (Wildman–Crippen LogP) is 5.11. The van der Waals surface area contributed by atoms with Crippen molar-refractivity contribution in [1.29, 1.82) is 0 Å². The average Bonchev–Trinajstić information content (AvgIpc) is 3.59. The normalized spacial score (nSPS) is 21.1. The molecule has 2 aromatic carbocycles. The quantitative estimate of drug-likeness (QED) is 0.334. The number of likely N-dealkylation sites (tertiary alicyclic amines) is 1. The van der Waals surface area contributed by atoms with E-state index < -0.39 is 47.9 Å². The first kappa shape index (κ1) is 29.1. The number of aryl methyl sites for hydroxylation is 1. The third-order valence-corrected chi connectivity index (χ3v) is 8.21. The number of hydrogen-bond donors (Lipinski definition) is 2. The van der Waals surface area contributed by atoms with E-state index in [9.17, 15) is 19.5 Å². The number of rotatable bonds is 9. The summed E-state index contributed by atoms with van der Waals surface area (Å²) in [7, 11) is 1.62. The van der Waals surface area contributed by atoms with Gasteiger partial charge in [0.25, 0.3) is 5.91 Å². The van der Waals surface area contributed by atoms with Gasteiger partial charge in [0.2, 0.25) is 5.78 Å². The molecule has 1 unspecified atom stereocenters. The fourth-order valence-corrected chi connectivity index (χ4v) is 5.90. The number of hydrogen-bond acceptors (Lipinski definition) is 6. The highest BCUT2D eigenvalue weighted by atomic mass is 35.5. The maximum absolute atomic E-state index is 16.4. The maximum atomic E-state index is 16.4. The van der Waals surface area contributed by atoms with Crippen LogP contribution in [0.15, 0.2) is 36.4 Å². The Kier molecular flexibility index (Phi) is 8.40. The predicted molar refractivity (Wildman–Crippen MR) is 148 cm³/mol. The number of benzene rings is 2. The molecular weight excluding hydrogens is 558 g/mol. The standard InChI is InChI=1S/C29H31ClF2N4O5/c1-35-26(20-6-2-3-7-23(20)34-35)27(38)33-24-16-22(31)18(14-21(24)30)15-25(37)29(32,36-12-4-5-13-36)41-19-10-8-17(9-11-19)28(39)40/h2-3,6-7,14,16-17,19H,4-5,8-13,15H2,1H3,(H,33,38)(H,39,40)/t17-,19-,29?. The average molecular weight is 589 g/mol. The summed E-state index contributed by atoms with van der Waals surface area (Å²) in [6, 6.07) is 9.30. The number of ether oxygens (including phenoxy) is 1. The minimum atomic E-state index is -2.77. The Bertz CT molecular complexity index is 1480. The molecule has 5 rings (SSSR count). The number of fused-ring (bicyclic) bond motifs is 1. The monoisotopic (exact) mass is 588 g/mol. The Morgan fingerprint density at radius 1 is 1.15 bits per heavy atom. The minimum absolute atomic E-state index is 0.00635. The number of alkyl halides is 1. The van der Waals surface area contributed by atoms with Gasteiger partial charge in [0.15, 0.2) is 0 Å². The summed E-state index contributed by atoms with van der Waals surface area (Å²) in [6.07, 6.45) is 1.41. The molecule has 2 N–H and O–H groups in total. The Morgan fingerprint density at radius 3 is 2.51 bits per heavy atom. The third-order valence-electron chi connectivity index (χ3n) is 7.89. The molecule has 1 aliphatic heterocycles. The second kappa shape index (κ2) is 11.8. The molecule has 2 fully saturated rings. The zero-order chi connectivity index (χ0) is 29.3. The van der Waals surface area contributed by atoms with E-state index in [1.807, 2.05) is 0 Å². The van der Waals surface area contributed by atoms with E-state index >= 15 is 8.78 Å². The van der Waals surface area contributed by atoms with Crippen molar-refractivity contribution in [3.8, 4) is 0 Å². The number of nitrogens with zero attached hydrogens (tertiary/aromatic N) is 3. The van der Waals surface area contributed by atoms with Gasteiger partial charge in [-0.05, 0) is 62.3 Å². The van der Waals surface area contributed by atoms with Gasteiger partial charge in [-0.15, -0.1) is 0 Å². The van der Waals surface area contributed by atoms with Gasteiger partial charge >= 0.3 is 11.9 Å². The Hall–Kier alpha value is -3.41. The van der Waals surface area contributed by atoms with Crippen LogP contribution >= 0.6 is 11.6 Å². The van der Waals surface area contributed by atoms with Crippen LogP contribution in [0.4, 0.5) is 14.5 Å². The van der Waals surface area contributed by atoms with Crippen LogP contribution in [0.5, 0.6) is 0 Å². The SMILES string of the molecule is Cn1nc2ccccc2c1C(=O)Nc1cc(F)c(CC(=O)C(F)(O[C@H]2CC[C@H](C(=O)O)CC2)N2CCCC2)cc1Cl. The highest BCUT2D eigenvalue weighted by molar-refractivity contribution is 6.34. The van der Waals surface area contributed by atoms with Crippen LogP contribution in [0.2, 0.25) is 5.02 Å². The van der Waals surface area contributed by atoms with Gasteiger partial charge < -0.3 is 15.2 Å². The number of halogens is 3. The van der Waals surface area contributed by atoms with Gasteiger partial charge in [-0.3, -0.25) is 19.1 Å². The van der Waals surface area contributed by atoms with Gasteiger partial charge in [0.1, 0.15) is 11.5 Å². The van der Waals surface area contributed by atoms with E-state index in [-0.39, 0.29) is 22.0 Å². The highest BCUT2D eigenvalue weighted by Crippen LogP contribution is 2.35. The first-order valence-corrected chi connectivity index (χ1v) is 14.0. The lowest BCUT2D eigenvalue weighted by Gasteiger charge is -2.37. The van der Waals surface area contributed by atoms with Crippen molar-refractivity contribution in [3.05, 3.63) is 58.5 Å². The summed E-state index contributed by atoms with van der Waals surface area (Å²) < 4.78 is 38.9. The second-order valence-corrected chi connectivity index (χ2v) is 11.1. The lowest BCUT2D eigenvalue weighted by Crippen LogP contribution is -2.54. The van der Waals surface area contributed by atoms with E-state index in [0.717, 1.165) is 6.07 Å². The molecule has 2 aliphatic rings. The zero-order valence-corrected chi connectivity index (χ0v) is 23.3. The molecule has 0 radical (unpaired) electrons. The van der Waals surface area contributed by atoms with Crippen LogP contribution in [0, 0.1) is 11.7 Å². The maximum Gasteiger partial charge on any atom is 0.330 e. The molecule has 12 heteroatoms. The first-order valence-electron chi connectivity index (χ1n) is 13.7. The summed E-state index contributed by atoms with van der Waals surface area (Å²) in [6.45, 7) is 0.618. The van der Waals surface area contributed by atoms with Crippen LogP contribution in [0.25, 0.3) is 10.9 Å². The summed E-state index contributed by atoms with van der Waals surface area (Å²) >= 11 is 6.39. The smallest absolute Gasteiger partial charge is 0.330 e. The van der Waals surface area contributed by atoms with E-state index in [2.05, 4.69) is 10.4 Å². The number of amides is 1. The first-order chi connectivity index (χ1) is 19.6. The Morgan fingerprint density at radius 2 is 1.83 bits per heavy atom. The van der Waals surface area contributed by atoms with Gasteiger partial charge in [-0.2, -0.15) is 9.49 Å². The summed E-state index contributed by atoms with van der Waals surface area (Å²) in [5, 5.41) is 16.8. The summed E-state index contributed by atoms with van der Waals surface area (Å²) in [5.41, 5.74) is 0.742. The van der Waals surface area contributed by atoms with Crippen LogP contribution < -0.4 is 5.32 Å². The fraction of sp³-hybridized carbons (Fsp3) is 0.448. The number of aromatic nitrogens is 2. The number of aliphatic carboxylic acids is 1. The number of Topliss-reactive ketones (excluding diaryl/α,β-unsaturated/α-hetero) is 1. The molecule has 2 heterocycles. The molecule has 0 spiro atoms. The van der Waals surface area contributed by atoms with Gasteiger partial charge in [-0.25, -0.2) is 9.29 Å². The molecule has 1 aliphatic carbocycles. The van der Waals surface area contributed by atoms with E-state index in [1.165, 1.54) is 15.6 Å². The van der Waals surface area contributed by atoms with Crippen molar-refractivity contribution >= 4 is 45.9 Å². The Labute approximate surface area is 240 Å². The van der Waals surface area contributed by atoms with Crippen molar-refractivity contribution in [2.24, 2.45) is 13.0 Å². The molecule has 1 saturated heterocycles. The van der Waals surface area contributed by atoms with Gasteiger partial charge in [0, 0.05) is 31.9 Å². The minimum Gasteiger partial charge on any atom is -0.481 e. The summed E-state index contributed by atoms with van der Waals surface area (Å²) in [5.74, 6) is -6.53. The molecule has 1 atom stereocenters. The highest BCUT2D eigenvalue weighted by Gasteiger charge is 2.49. The number of carbonyl (C=O) groups is 3. The second-order valence-electron chi connectivity index (χ2n) is 10.7. The van der Waals surface area contributed by atoms with E-state index in [0.29, 0.717) is 62.5 Å². The number of anilines is 1. The summed E-state index contributed by atoms with van der Waals surface area (Å²) in [4.78, 5) is 39.0. The number of carbonyl (C=O) groups excluding carboxylic acids is 2. The van der Waals surface area contributed by atoms with Crippen molar-refractivity contribution in [1.82, 2.24) is 14.7 Å². The number of carboxylic acids is 1. The number of carboxylic acid groups (broad SMARTS) is 1. The lowest BCUT2D eigenvalue weighted by atomic mass is 9.87. The molecule has 41 heavy (non-hydrogen) atoms. The molecular formula is C29H31ClF2N4O5. The molecule has 218 valence electrons. The molecule has 9 nitrogen and oxygen atoms in total. The van der Waals surface area contributed by atoms with Gasteiger partial charge in [-0.1, -0.05) is 29.8 Å². The molecule has 1 aromatic heterocycles. The van der Waals surface area contributed by atoms with E-state index in [1.54, 1.807) is 31.3 Å². The fourth-order valence-electron chi connectivity index (χ4n) is 5.67. The zero-order valence-electron chi connectivity index (χ0n) is 22.5. The van der Waals surface area contributed by atoms with Crippen molar-refractivity contribution < 1.29 is 33.0 Å². The van der Waals surface area contributed by atoms with E-state index in [4.69, 9.17) is 16.3 Å². The molecule has 1 saturated carbocycles. The van der Waals surface area contributed by atoms with Crippen LogP contribution in [0.1, 0.15) is 54.6 Å². The largest absolute Gasteiger partial charge is 0.481 e. The number of ketones is 1. The van der Waals surface area contributed by atoms with Crippen molar-refractivity contribution in [2.45, 2.75) is 57.0 Å². The van der Waals surface area contributed by atoms with Crippen LogP contribution in [-0.4, -0.2) is 62.6 Å². The third kappa shape index (κ3) is 5.98. The van der Waals surface area contributed by atoms with Crippen molar-refractivity contribution in [2.75, 3.05) is 18.4 Å². The topological polar surface area (TPSA) is 114 Å². The van der Waals surface area contributed by atoms with Gasteiger partial charge in [0.05, 0.1) is 28.2 Å². The van der Waals surface area contributed by atoms with Crippen LogP contribution in [0.3, 0.4) is 0 Å². The van der Waals surface area contributed by atoms with Crippen molar-refractivity contribution in [3.63, 3.8) is 0 Å². The molecule has 3 aromatic rings. The van der Waals surface area contributed by atoms with Crippen LogP contribution in [-0.2, 0) is 27.8 Å². The molecule has 0 bridgehead atoms.